The molecular formula is C18H19ClN2O4. The van der Waals surface area contributed by atoms with Gasteiger partial charge < -0.3 is 19.6 Å². The molecule has 0 aliphatic carbocycles. The topological polar surface area (TPSA) is 69.2 Å². The zero-order chi connectivity index (χ0) is 18.1. The number of nitrogens with one attached hydrogen (secondary N) is 1. The van der Waals surface area contributed by atoms with E-state index in [9.17, 15) is 4.79 Å². The van der Waals surface area contributed by atoms with E-state index in [4.69, 9.17) is 25.9 Å². The minimum absolute atomic E-state index is 0.233. The van der Waals surface area contributed by atoms with Gasteiger partial charge in [-0.05, 0) is 55.0 Å². The molecule has 0 atom stereocenters. The number of carbonyl (C=O) groups excluding carboxylic acids is 1. The van der Waals surface area contributed by atoms with Crippen molar-refractivity contribution in [1.29, 1.82) is 0 Å². The predicted molar refractivity (Wildman–Crippen MR) is 97.8 cm³/mol. The van der Waals surface area contributed by atoms with Crippen molar-refractivity contribution in [3.8, 4) is 11.5 Å². The molecule has 132 valence electrons. The Morgan fingerprint density at radius 1 is 1.24 bits per heavy atom. The van der Waals surface area contributed by atoms with Crippen LogP contribution in [0.4, 0.5) is 5.69 Å². The molecule has 0 saturated heterocycles. The van der Waals surface area contributed by atoms with E-state index in [0.29, 0.717) is 23.1 Å². The van der Waals surface area contributed by atoms with E-state index in [2.05, 4.69) is 10.5 Å². The number of hydrogen-bond acceptors (Lipinski definition) is 5. The quantitative estimate of drug-likeness (QED) is 0.573. The Morgan fingerprint density at radius 2 is 2.00 bits per heavy atom. The first kappa shape index (κ1) is 18.6. The molecule has 7 heteroatoms. The molecule has 25 heavy (non-hydrogen) atoms. The molecule has 0 unspecified atom stereocenters. The van der Waals surface area contributed by atoms with Crippen LogP contribution in [0.5, 0.6) is 11.5 Å². The van der Waals surface area contributed by atoms with E-state index in [-0.39, 0.29) is 12.5 Å². The minimum atomic E-state index is -0.371. The number of ether oxygens (including phenoxy) is 2. The molecular weight excluding hydrogens is 344 g/mol. The lowest BCUT2D eigenvalue weighted by molar-refractivity contribution is -0.120. The summed E-state index contributed by atoms with van der Waals surface area (Å²) in [6.45, 7) is 2.31. The summed E-state index contributed by atoms with van der Waals surface area (Å²) in [6.07, 6.45) is 1.52. The van der Waals surface area contributed by atoms with Gasteiger partial charge in [-0.2, -0.15) is 0 Å². The number of amides is 1. The summed E-state index contributed by atoms with van der Waals surface area (Å²) in [7, 11) is 1.51. The van der Waals surface area contributed by atoms with Gasteiger partial charge in [0.2, 0.25) is 0 Å². The van der Waals surface area contributed by atoms with E-state index >= 15 is 0 Å². The summed E-state index contributed by atoms with van der Waals surface area (Å²) in [6, 6.07) is 12.3. The maximum atomic E-state index is 11.9. The monoisotopic (exact) mass is 362 g/mol. The molecule has 0 fully saturated rings. The molecule has 2 aromatic rings. The summed E-state index contributed by atoms with van der Waals surface area (Å²) in [5.74, 6) is 0.926. The summed E-state index contributed by atoms with van der Waals surface area (Å²) < 4.78 is 10.5. The van der Waals surface area contributed by atoms with Crippen molar-refractivity contribution < 1.29 is 19.1 Å². The van der Waals surface area contributed by atoms with Crippen LogP contribution in [0.15, 0.2) is 47.6 Å². The van der Waals surface area contributed by atoms with Crippen LogP contribution >= 0.6 is 11.6 Å². The van der Waals surface area contributed by atoms with E-state index in [1.807, 2.05) is 31.2 Å². The average Bonchev–Trinajstić information content (AvgIpc) is 2.60. The second-order valence-corrected chi connectivity index (χ2v) is 5.34. The Bertz CT molecular complexity index is 732. The smallest absolute Gasteiger partial charge is 0.265 e. The number of halogens is 1. The largest absolute Gasteiger partial charge is 0.495 e. The summed E-state index contributed by atoms with van der Waals surface area (Å²) in [4.78, 5) is 16.9. The fourth-order valence-corrected chi connectivity index (χ4v) is 2.15. The van der Waals surface area contributed by atoms with Crippen molar-refractivity contribution in [3.63, 3.8) is 0 Å². The third-order valence-corrected chi connectivity index (χ3v) is 3.33. The van der Waals surface area contributed by atoms with Gasteiger partial charge >= 0.3 is 0 Å². The molecule has 0 aliphatic heterocycles. The summed E-state index contributed by atoms with van der Waals surface area (Å²) in [5.41, 5.74) is 1.31. The molecule has 0 saturated carbocycles. The molecule has 2 rings (SSSR count). The number of carbonyl (C=O) groups is 1. The maximum absolute atomic E-state index is 11.9. The van der Waals surface area contributed by atoms with E-state index in [1.165, 1.54) is 13.3 Å². The van der Waals surface area contributed by atoms with Crippen LogP contribution in [0.3, 0.4) is 0 Å². The van der Waals surface area contributed by atoms with E-state index in [1.54, 1.807) is 18.2 Å². The highest BCUT2D eigenvalue weighted by Gasteiger charge is 2.08. The molecule has 6 nitrogen and oxygen atoms in total. The van der Waals surface area contributed by atoms with E-state index in [0.717, 1.165) is 11.3 Å². The van der Waals surface area contributed by atoms with Gasteiger partial charge in [-0.3, -0.25) is 4.79 Å². The molecule has 1 amide bonds. The van der Waals surface area contributed by atoms with Crippen molar-refractivity contribution in [1.82, 2.24) is 0 Å². The Hall–Kier alpha value is -2.73. The first-order valence-electron chi connectivity index (χ1n) is 7.64. The van der Waals surface area contributed by atoms with Crippen molar-refractivity contribution in [2.45, 2.75) is 6.92 Å². The van der Waals surface area contributed by atoms with Gasteiger partial charge in [-0.15, -0.1) is 0 Å². The fraction of sp³-hybridized carbons (Fsp3) is 0.222. The second kappa shape index (κ2) is 9.54. The third kappa shape index (κ3) is 6.00. The maximum Gasteiger partial charge on any atom is 0.265 e. The third-order valence-electron chi connectivity index (χ3n) is 3.10. The number of anilines is 1. The van der Waals surface area contributed by atoms with Crippen molar-refractivity contribution in [2.24, 2.45) is 5.16 Å². The summed E-state index contributed by atoms with van der Waals surface area (Å²) in [5, 5.41) is 6.92. The van der Waals surface area contributed by atoms with Crippen molar-refractivity contribution in [2.75, 3.05) is 25.6 Å². The van der Waals surface area contributed by atoms with Crippen LogP contribution in [0, 0.1) is 0 Å². The zero-order valence-electron chi connectivity index (χ0n) is 14.0. The van der Waals surface area contributed by atoms with Crippen molar-refractivity contribution >= 4 is 29.4 Å². The Kier molecular flexibility index (Phi) is 7.10. The van der Waals surface area contributed by atoms with Crippen LogP contribution in [0.2, 0.25) is 5.02 Å². The number of methoxy groups -OCH3 is 1. The lowest BCUT2D eigenvalue weighted by Gasteiger charge is -2.09. The first-order valence-corrected chi connectivity index (χ1v) is 8.01. The SMILES string of the molecule is CCOc1ccc(/C=N\OCC(=O)Nc2cc(Cl)ccc2OC)cc1. The number of benzene rings is 2. The Balaban J connectivity index is 1.83. The lowest BCUT2D eigenvalue weighted by atomic mass is 10.2. The number of rotatable bonds is 8. The average molecular weight is 363 g/mol. The van der Waals surface area contributed by atoms with Crippen LogP contribution in [0.1, 0.15) is 12.5 Å². The van der Waals surface area contributed by atoms with Crippen molar-refractivity contribution in [3.05, 3.63) is 53.1 Å². The molecule has 0 aromatic heterocycles. The van der Waals surface area contributed by atoms with Crippen LogP contribution in [-0.2, 0) is 9.63 Å². The van der Waals surface area contributed by atoms with Crippen LogP contribution in [-0.4, -0.2) is 32.4 Å². The molecule has 0 aliphatic rings. The lowest BCUT2D eigenvalue weighted by Crippen LogP contribution is -2.17. The van der Waals surface area contributed by atoms with Gasteiger partial charge in [0.15, 0.2) is 6.61 Å². The van der Waals surface area contributed by atoms with Gasteiger partial charge in [0.05, 0.1) is 25.6 Å². The molecule has 0 heterocycles. The molecule has 0 radical (unpaired) electrons. The molecule has 2 aromatic carbocycles. The number of hydrogen-bond donors (Lipinski definition) is 1. The van der Waals surface area contributed by atoms with Crippen LogP contribution in [0.25, 0.3) is 0 Å². The molecule has 0 spiro atoms. The second-order valence-electron chi connectivity index (χ2n) is 4.90. The standard InChI is InChI=1S/C18H19ClN2O4/c1-3-24-15-7-4-13(5-8-15)11-20-25-12-18(22)21-16-10-14(19)6-9-17(16)23-2/h4-11H,3,12H2,1-2H3,(H,21,22)/b20-11-. The van der Waals surface area contributed by atoms with Gasteiger partial charge in [0, 0.05) is 5.02 Å². The Labute approximate surface area is 151 Å². The highest BCUT2D eigenvalue weighted by atomic mass is 35.5. The Morgan fingerprint density at radius 3 is 2.68 bits per heavy atom. The predicted octanol–water partition coefficient (Wildman–Crippen LogP) is 3.74. The normalized spacial score (nSPS) is 10.5. The number of nitrogens with zero attached hydrogens (tertiary/aromatic N) is 1. The van der Waals surface area contributed by atoms with E-state index < -0.39 is 0 Å². The van der Waals surface area contributed by atoms with Crippen LogP contribution < -0.4 is 14.8 Å². The minimum Gasteiger partial charge on any atom is -0.495 e. The van der Waals surface area contributed by atoms with Gasteiger partial charge in [0.25, 0.3) is 5.91 Å². The first-order chi connectivity index (χ1) is 12.1. The van der Waals surface area contributed by atoms with Gasteiger partial charge in [-0.1, -0.05) is 16.8 Å². The highest BCUT2D eigenvalue weighted by molar-refractivity contribution is 6.31. The van der Waals surface area contributed by atoms with Gasteiger partial charge in [0.1, 0.15) is 11.5 Å². The zero-order valence-corrected chi connectivity index (χ0v) is 14.7. The number of oxime groups is 1. The highest BCUT2D eigenvalue weighted by Crippen LogP contribution is 2.27. The molecule has 0 bridgehead atoms. The fourth-order valence-electron chi connectivity index (χ4n) is 1.97. The summed E-state index contributed by atoms with van der Waals surface area (Å²) >= 11 is 5.91. The van der Waals surface area contributed by atoms with Gasteiger partial charge in [-0.25, -0.2) is 0 Å². The molecule has 1 N–H and O–H groups in total.